The van der Waals surface area contributed by atoms with Gasteiger partial charge in [-0.2, -0.15) is 0 Å². The minimum Gasteiger partial charge on any atom is -0.493 e. The summed E-state index contributed by atoms with van der Waals surface area (Å²) in [5, 5.41) is 2.62. The van der Waals surface area contributed by atoms with E-state index in [1.165, 1.54) is 12.1 Å². The third kappa shape index (κ3) is 5.95. The largest absolute Gasteiger partial charge is 0.493 e. The van der Waals surface area contributed by atoms with Crippen molar-refractivity contribution < 1.29 is 23.5 Å². The van der Waals surface area contributed by atoms with Crippen LogP contribution in [0.4, 0.5) is 4.39 Å². The molecule has 0 fully saturated rings. The van der Waals surface area contributed by atoms with Gasteiger partial charge in [0.2, 0.25) is 11.8 Å². The summed E-state index contributed by atoms with van der Waals surface area (Å²) in [4.78, 5) is 27.0. The Bertz CT molecular complexity index is 855. The second kappa shape index (κ2) is 11.2. The van der Waals surface area contributed by atoms with Crippen molar-refractivity contribution in [3.8, 4) is 11.5 Å². The summed E-state index contributed by atoms with van der Waals surface area (Å²) in [5.74, 6) is 0.505. The second-order valence-corrected chi connectivity index (χ2v) is 6.88. The zero-order valence-electron chi connectivity index (χ0n) is 17.9. The van der Waals surface area contributed by atoms with Crippen LogP contribution in [0.25, 0.3) is 0 Å². The molecule has 2 amide bonds. The number of nitrogens with zero attached hydrogens (tertiary/aromatic N) is 1. The van der Waals surface area contributed by atoms with Crippen LogP contribution in [-0.4, -0.2) is 44.0 Å². The van der Waals surface area contributed by atoms with E-state index in [0.717, 1.165) is 11.1 Å². The number of halogens is 1. The second-order valence-electron chi connectivity index (χ2n) is 6.88. The first-order valence-electron chi connectivity index (χ1n) is 9.89. The predicted octanol–water partition coefficient (Wildman–Crippen LogP) is 3.33. The minimum atomic E-state index is -0.599. The van der Waals surface area contributed by atoms with Crippen LogP contribution >= 0.6 is 0 Å². The molecule has 1 atom stereocenters. The number of hydrogen-bond acceptors (Lipinski definition) is 4. The molecule has 0 bridgehead atoms. The van der Waals surface area contributed by atoms with Crippen LogP contribution in [0.15, 0.2) is 42.5 Å². The summed E-state index contributed by atoms with van der Waals surface area (Å²) in [6, 6.07) is 10.9. The molecule has 0 spiro atoms. The number of likely N-dealkylation sites (N-methyl/N-ethyl adjacent to an activating group) is 1. The zero-order chi connectivity index (χ0) is 22.1. The van der Waals surface area contributed by atoms with Gasteiger partial charge < -0.3 is 19.7 Å². The highest BCUT2D eigenvalue weighted by Crippen LogP contribution is 2.28. The molecule has 0 aliphatic rings. The molecular formula is C23H29FN2O4. The van der Waals surface area contributed by atoms with E-state index in [2.05, 4.69) is 5.32 Å². The molecule has 30 heavy (non-hydrogen) atoms. The summed E-state index contributed by atoms with van der Waals surface area (Å²) in [7, 11) is 4.68. The van der Waals surface area contributed by atoms with E-state index in [1.807, 2.05) is 19.1 Å². The van der Waals surface area contributed by atoms with Gasteiger partial charge in [0, 0.05) is 20.0 Å². The van der Waals surface area contributed by atoms with E-state index in [4.69, 9.17) is 9.47 Å². The van der Waals surface area contributed by atoms with Crippen LogP contribution in [0.2, 0.25) is 0 Å². The van der Waals surface area contributed by atoms with Crippen LogP contribution < -0.4 is 14.8 Å². The van der Waals surface area contributed by atoms with Crippen LogP contribution in [-0.2, 0) is 22.6 Å². The molecule has 162 valence electrons. The molecule has 0 radical (unpaired) electrons. The maximum Gasteiger partial charge on any atom is 0.242 e. The molecule has 1 N–H and O–H groups in total. The Morgan fingerprint density at radius 2 is 1.67 bits per heavy atom. The predicted molar refractivity (Wildman–Crippen MR) is 113 cm³/mol. The van der Waals surface area contributed by atoms with Gasteiger partial charge in [-0.25, -0.2) is 4.39 Å². The van der Waals surface area contributed by atoms with Gasteiger partial charge >= 0.3 is 0 Å². The first-order chi connectivity index (χ1) is 14.4. The summed E-state index contributed by atoms with van der Waals surface area (Å²) in [6.45, 7) is 2.09. The number of amides is 2. The monoisotopic (exact) mass is 416 g/mol. The molecule has 7 heteroatoms. The van der Waals surface area contributed by atoms with Crippen LogP contribution in [0.3, 0.4) is 0 Å². The number of benzene rings is 2. The van der Waals surface area contributed by atoms with Crippen molar-refractivity contribution in [3.63, 3.8) is 0 Å². The van der Waals surface area contributed by atoms with Crippen molar-refractivity contribution >= 4 is 11.8 Å². The number of nitrogens with one attached hydrogen (secondary N) is 1. The van der Waals surface area contributed by atoms with E-state index in [0.29, 0.717) is 24.3 Å². The van der Waals surface area contributed by atoms with Gasteiger partial charge in [-0.15, -0.1) is 0 Å². The fourth-order valence-corrected chi connectivity index (χ4v) is 3.30. The van der Waals surface area contributed by atoms with Gasteiger partial charge in [0.05, 0.1) is 14.2 Å². The van der Waals surface area contributed by atoms with Gasteiger partial charge in [-0.3, -0.25) is 9.59 Å². The lowest BCUT2D eigenvalue weighted by atomic mass is 10.1. The number of aryl methyl sites for hydroxylation is 1. The van der Waals surface area contributed by atoms with Crippen molar-refractivity contribution in [2.45, 2.75) is 38.8 Å². The summed E-state index contributed by atoms with van der Waals surface area (Å²) < 4.78 is 23.8. The lowest BCUT2D eigenvalue weighted by Gasteiger charge is -2.30. The van der Waals surface area contributed by atoms with Crippen molar-refractivity contribution in [1.82, 2.24) is 10.2 Å². The van der Waals surface area contributed by atoms with Crippen LogP contribution in [0.1, 0.15) is 30.9 Å². The van der Waals surface area contributed by atoms with Gasteiger partial charge in [-0.05, 0) is 48.2 Å². The van der Waals surface area contributed by atoms with Crippen molar-refractivity contribution in [2.24, 2.45) is 0 Å². The quantitative estimate of drug-likeness (QED) is 0.645. The van der Waals surface area contributed by atoms with Crippen LogP contribution in [0, 0.1) is 5.82 Å². The number of carbonyl (C=O) groups excluding carboxylic acids is 2. The lowest BCUT2D eigenvalue weighted by Crippen LogP contribution is -2.48. The first-order valence-corrected chi connectivity index (χ1v) is 9.89. The molecular weight excluding hydrogens is 387 g/mol. The zero-order valence-corrected chi connectivity index (χ0v) is 17.9. The normalized spacial score (nSPS) is 11.5. The first kappa shape index (κ1) is 23.2. The average molecular weight is 416 g/mol. The maximum absolute atomic E-state index is 13.3. The van der Waals surface area contributed by atoms with E-state index in [-0.39, 0.29) is 30.6 Å². The molecule has 0 aromatic heterocycles. The number of carbonyl (C=O) groups is 2. The molecule has 0 saturated carbocycles. The van der Waals surface area contributed by atoms with E-state index in [1.54, 1.807) is 44.4 Å². The Labute approximate surface area is 177 Å². The molecule has 0 heterocycles. The lowest BCUT2D eigenvalue weighted by molar-refractivity contribution is -0.141. The van der Waals surface area contributed by atoms with Crippen molar-refractivity contribution in [2.75, 3.05) is 21.3 Å². The van der Waals surface area contributed by atoms with Crippen LogP contribution in [0.5, 0.6) is 11.5 Å². The molecule has 2 aromatic carbocycles. The number of methoxy groups -OCH3 is 2. The third-order valence-electron chi connectivity index (χ3n) is 4.97. The fourth-order valence-electron chi connectivity index (χ4n) is 3.30. The van der Waals surface area contributed by atoms with Crippen molar-refractivity contribution in [1.29, 1.82) is 0 Å². The summed E-state index contributed by atoms with van der Waals surface area (Å²) in [5.41, 5.74) is 1.69. The Balaban J connectivity index is 2.19. The molecule has 6 nitrogen and oxygen atoms in total. The molecule has 0 aliphatic carbocycles. The Morgan fingerprint density at radius 1 is 1.03 bits per heavy atom. The SMILES string of the molecule is CC[C@@H](C(=O)NC)N(Cc1ccc(F)cc1)C(=O)CCc1ccc(OC)c(OC)c1. The highest BCUT2D eigenvalue weighted by Gasteiger charge is 2.27. The Morgan fingerprint density at radius 3 is 2.23 bits per heavy atom. The van der Waals surface area contributed by atoms with Gasteiger partial charge in [-0.1, -0.05) is 25.1 Å². The fraction of sp³-hybridized carbons (Fsp3) is 0.391. The Hall–Kier alpha value is -3.09. The molecule has 0 saturated heterocycles. The van der Waals surface area contributed by atoms with Gasteiger partial charge in [0.1, 0.15) is 11.9 Å². The molecule has 2 rings (SSSR count). The summed E-state index contributed by atoms with van der Waals surface area (Å²) >= 11 is 0. The molecule has 0 aliphatic heterocycles. The maximum atomic E-state index is 13.3. The van der Waals surface area contributed by atoms with Crippen molar-refractivity contribution in [3.05, 3.63) is 59.4 Å². The van der Waals surface area contributed by atoms with Gasteiger partial charge in [0.15, 0.2) is 11.5 Å². The Kier molecular flexibility index (Phi) is 8.65. The van der Waals surface area contributed by atoms with E-state index in [9.17, 15) is 14.0 Å². The third-order valence-corrected chi connectivity index (χ3v) is 4.97. The average Bonchev–Trinajstić information content (AvgIpc) is 2.78. The highest BCUT2D eigenvalue weighted by atomic mass is 19.1. The highest BCUT2D eigenvalue weighted by molar-refractivity contribution is 5.87. The number of rotatable bonds is 10. The van der Waals surface area contributed by atoms with Gasteiger partial charge in [0.25, 0.3) is 0 Å². The standard InChI is InChI=1S/C23H29FN2O4/c1-5-19(23(28)25-2)26(15-17-6-10-18(24)11-7-17)22(27)13-9-16-8-12-20(29-3)21(14-16)30-4/h6-8,10-12,14,19H,5,9,13,15H2,1-4H3,(H,25,28)/t19-/m0/s1. The smallest absolute Gasteiger partial charge is 0.242 e. The molecule has 2 aromatic rings. The molecule has 0 unspecified atom stereocenters. The van der Waals surface area contributed by atoms with E-state index < -0.39 is 6.04 Å². The minimum absolute atomic E-state index is 0.149. The number of hydrogen-bond donors (Lipinski definition) is 1. The van der Waals surface area contributed by atoms with E-state index >= 15 is 0 Å². The topological polar surface area (TPSA) is 67.9 Å². The number of ether oxygens (including phenoxy) is 2. The summed E-state index contributed by atoms with van der Waals surface area (Å²) in [6.07, 6.45) is 1.19.